The lowest BCUT2D eigenvalue weighted by Crippen LogP contribution is -2.38. The number of amides is 1. The zero-order valence-corrected chi connectivity index (χ0v) is 16.1. The number of carbonyl (C=O) groups is 1. The van der Waals surface area contributed by atoms with Gasteiger partial charge in [-0.1, -0.05) is 36.4 Å². The molecule has 0 bridgehead atoms. The van der Waals surface area contributed by atoms with Gasteiger partial charge in [0.05, 0.1) is 0 Å². The van der Waals surface area contributed by atoms with E-state index in [-0.39, 0.29) is 23.8 Å². The number of carbonyl (C=O) groups excluding carboxylic acids is 1. The molecular formula is C21H21N7O. The van der Waals surface area contributed by atoms with E-state index in [0.717, 1.165) is 17.1 Å². The van der Waals surface area contributed by atoms with Crippen molar-refractivity contribution in [2.24, 2.45) is 15.7 Å². The highest BCUT2D eigenvalue weighted by Gasteiger charge is 2.08. The third-order valence-corrected chi connectivity index (χ3v) is 3.71. The van der Waals surface area contributed by atoms with Gasteiger partial charge in [-0.25, -0.2) is 9.97 Å². The maximum Gasteiger partial charge on any atom is 0.257 e. The number of benzene rings is 2. The van der Waals surface area contributed by atoms with Gasteiger partial charge in [0, 0.05) is 22.6 Å². The Bertz CT molecular complexity index is 1030. The zero-order valence-electron chi connectivity index (χ0n) is 16.1. The van der Waals surface area contributed by atoms with Crippen LogP contribution >= 0.6 is 0 Å². The summed E-state index contributed by atoms with van der Waals surface area (Å²) in [6.07, 6.45) is 0. The predicted octanol–water partition coefficient (Wildman–Crippen LogP) is 2.94. The second-order valence-corrected chi connectivity index (χ2v) is 6.19. The Hall–Kier alpha value is -4.07. The first kappa shape index (κ1) is 19.7. The molecule has 0 saturated heterocycles. The van der Waals surface area contributed by atoms with Crippen LogP contribution < -0.4 is 16.4 Å². The first-order valence-electron chi connectivity index (χ1n) is 8.93. The van der Waals surface area contributed by atoms with E-state index in [1.165, 1.54) is 0 Å². The molecule has 0 radical (unpaired) electrons. The molecule has 8 nitrogen and oxygen atoms in total. The maximum atomic E-state index is 12.3. The van der Waals surface area contributed by atoms with E-state index >= 15 is 0 Å². The van der Waals surface area contributed by atoms with Crippen molar-refractivity contribution in [1.29, 1.82) is 0 Å². The number of aromatic nitrogens is 2. The van der Waals surface area contributed by atoms with E-state index in [1.54, 1.807) is 24.3 Å². The topological polar surface area (TPSA) is 118 Å². The molecule has 29 heavy (non-hydrogen) atoms. The van der Waals surface area contributed by atoms with E-state index in [4.69, 9.17) is 5.73 Å². The molecule has 0 saturated carbocycles. The fraction of sp³-hybridized carbons (Fsp3) is 0.0952. The monoisotopic (exact) mass is 387 g/mol. The molecule has 0 atom stereocenters. The number of nitrogens with one attached hydrogen (secondary N) is 2. The van der Waals surface area contributed by atoms with Gasteiger partial charge in [-0.05, 0) is 44.2 Å². The Balaban J connectivity index is 1.88. The van der Waals surface area contributed by atoms with E-state index in [2.05, 4.69) is 30.6 Å². The summed E-state index contributed by atoms with van der Waals surface area (Å²) in [5.41, 5.74) is 8.72. The molecule has 3 aromatic rings. The Kier molecular flexibility index (Phi) is 6.26. The van der Waals surface area contributed by atoms with Gasteiger partial charge >= 0.3 is 0 Å². The smallest absolute Gasteiger partial charge is 0.257 e. The summed E-state index contributed by atoms with van der Waals surface area (Å²) in [5.74, 6) is -0.0853. The van der Waals surface area contributed by atoms with Gasteiger partial charge in [-0.2, -0.15) is 9.98 Å². The lowest BCUT2D eigenvalue weighted by molar-refractivity contribution is 0.0976. The van der Waals surface area contributed by atoms with Crippen LogP contribution in [0.2, 0.25) is 0 Å². The Morgan fingerprint density at radius 3 is 2.14 bits per heavy atom. The second-order valence-electron chi connectivity index (χ2n) is 6.19. The molecule has 1 heterocycles. The quantitative estimate of drug-likeness (QED) is 0.472. The summed E-state index contributed by atoms with van der Waals surface area (Å²) in [4.78, 5) is 29.4. The molecule has 0 aliphatic rings. The summed E-state index contributed by atoms with van der Waals surface area (Å²) in [7, 11) is 0. The standard InChI is InChI=1S/C21H21N7O/c1-14-13-15(2)24-20(23-14)28-21(25-17-11-7-4-8-12-17)27-19(22)26-18(29)16-9-5-3-6-10-16/h3-13H,1-2H3,(H4,22,23,24,25,26,27,28,29). The van der Waals surface area contributed by atoms with Crippen LogP contribution in [0.4, 0.5) is 11.6 Å². The van der Waals surface area contributed by atoms with E-state index in [0.29, 0.717) is 5.56 Å². The van der Waals surface area contributed by atoms with Gasteiger partial charge in [0.25, 0.3) is 11.9 Å². The van der Waals surface area contributed by atoms with Crippen LogP contribution in [-0.2, 0) is 0 Å². The maximum absolute atomic E-state index is 12.3. The molecule has 3 rings (SSSR count). The lowest BCUT2D eigenvalue weighted by atomic mass is 10.2. The summed E-state index contributed by atoms with van der Waals surface area (Å²) >= 11 is 0. The average molecular weight is 387 g/mol. The van der Waals surface area contributed by atoms with E-state index in [9.17, 15) is 4.79 Å². The minimum Gasteiger partial charge on any atom is -0.369 e. The van der Waals surface area contributed by atoms with E-state index in [1.807, 2.05) is 56.3 Å². The van der Waals surface area contributed by atoms with Crippen molar-refractivity contribution in [2.45, 2.75) is 13.8 Å². The molecule has 2 aromatic carbocycles. The summed E-state index contributed by atoms with van der Waals surface area (Å²) in [6, 6.07) is 19.9. The van der Waals surface area contributed by atoms with Crippen LogP contribution in [0.5, 0.6) is 0 Å². The molecule has 0 unspecified atom stereocenters. The lowest BCUT2D eigenvalue weighted by Gasteiger charge is -2.08. The van der Waals surface area contributed by atoms with Gasteiger partial charge in [0.2, 0.25) is 11.9 Å². The van der Waals surface area contributed by atoms with E-state index < -0.39 is 0 Å². The molecule has 4 N–H and O–H groups in total. The minimum absolute atomic E-state index is 0.106. The fourth-order valence-electron chi connectivity index (χ4n) is 2.50. The number of hydrogen-bond acceptors (Lipinski definition) is 4. The van der Waals surface area contributed by atoms with Crippen molar-refractivity contribution in [1.82, 2.24) is 15.3 Å². The van der Waals surface area contributed by atoms with Gasteiger partial charge in [0.15, 0.2) is 0 Å². The first-order valence-corrected chi connectivity index (χ1v) is 8.93. The highest BCUT2D eigenvalue weighted by molar-refractivity contribution is 6.10. The van der Waals surface area contributed by atoms with Crippen LogP contribution in [0.1, 0.15) is 21.7 Å². The van der Waals surface area contributed by atoms with Gasteiger partial charge in [-0.15, -0.1) is 0 Å². The SMILES string of the molecule is Cc1cc(C)nc(N=C(N=C(N)NC(=O)c2ccccc2)Nc2ccccc2)n1. The Labute approximate surface area is 168 Å². The molecule has 1 amide bonds. The van der Waals surface area contributed by atoms with Crippen LogP contribution in [0.15, 0.2) is 76.7 Å². The molecule has 0 aliphatic carbocycles. The molecule has 146 valence electrons. The van der Waals surface area contributed by atoms with Crippen molar-refractivity contribution in [2.75, 3.05) is 5.32 Å². The normalized spacial score (nSPS) is 11.8. The number of aryl methyl sites for hydroxylation is 2. The first-order chi connectivity index (χ1) is 14.0. The number of nitrogens with two attached hydrogens (primary N) is 1. The Morgan fingerprint density at radius 1 is 0.931 bits per heavy atom. The van der Waals surface area contributed by atoms with Crippen molar-refractivity contribution < 1.29 is 4.79 Å². The minimum atomic E-state index is -0.367. The summed E-state index contributed by atoms with van der Waals surface area (Å²) in [6.45, 7) is 3.71. The zero-order chi connectivity index (χ0) is 20.6. The molecule has 0 fully saturated rings. The number of hydrogen-bond donors (Lipinski definition) is 3. The number of nitrogens with zero attached hydrogens (tertiary/aromatic N) is 4. The van der Waals surface area contributed by atoms with Crippen LogP contribution in [0.25, 0.3) is 0 Å². The molecule has 0 spiro atoms. The van der Waals surface area contributed by atoms with Crippen molar-refractivity contribution in [3.05, 3.63) is 83.7 Å². The number of anilines is 1. The third kappa shape index (κ3) is 5.96. The van der Waals surface area contributed by atoms with Gasteiger partial charge in [0.1, 0.15) is 0 Å². The fourth-order valence-corrected chi connectivity index (χ4v) is 2.50. The van der Waals surface area contributed by atoms with Crippen molar-refractivity contribution >= 4 is 29.5 Å². The predicted molar refractivity (Wildman–Crippen MR) is 114 cm³/mol. The number of rotatable bonds is 3. The van der Waals surface area contributed by atoms with Gasteiger partial charge in [-0.3, -0.25) is 10.1 Å². The van der Waals surface area contributed by atoms with Crippen LogP contribution in [0, 0.1) is 13.8 Å². The van der Waals surface area contributed by atoms with Crippen molar-refractivity contribution in [3.63, 3.8) is 0 Å². The number of para-hydroxylation sites is 1. The highest BCUT2D eigenvalue weighted by Crippen LogP contribution is 2.11. The number of guanidine groups is 2. The Morgan fingerprint density at radius 2 is 1.52 bits per heavy atom. The van der Waals surface area contributed by atoms with Crippen LogP contribution in [0.3, 0.4) is 0 Å². The largest absolute Gasteiger partial charge is 0.369 e. The average Bonchev–Trinajstić information content (AvgIpc) is 2.68. The number of aliphatic imine (C=N–C) groups is 2. The summed E-state index contributed by atoms with van der Waals surface area (Å²) in [5, 5.41) is 5.61. The second kappa shape index (κ2) is 9.23. The molecular weight excluding hydrogens is 366 g/mol. The summed E-state index contributed by atoms with van der Waals surface area (Å²) < 4.78 is 0. The molecule has 1 aromatic heterocycles. The van der Waals surface area contributed by atoms with Crippen LogP contribution in [-0.4, -0.2) is 27.8 Å². The van der Waals surface area contributed by atoms with Crippen molar-refractivity contribution in [3.8, 4) is 0 Å². The van der Waals surface area contributed by atoms with Gasteiger partial charge < -0.3 is 11.1 Å². The molecule has 8 heteroatoms. The molecule has 0 aliphatic heterocycles. The highest BCUT2D eigenvalue weighted by atomic mass is 16.1. The third-order valence-electron chi connectivity index (χ3n) is 3.71.